The van der Waals surface area contributed by atoms with Crippen LogP contribution >= 0.6 is 0 Å². The van der Waals surface area contributed by atoms with Crippen LogP contribution in [0.15, 0.2) is 42.5 Å². The number of nitrogens with one attached hydrogen (secondary N) is 2. The van der Waals surface area contributed by atoms with E-state index in [2.05, 4.69) is 20.3 Å². The number of aromatic nitrogens is 3. The maximum atomic E-state index is 8.79. The van der Waals surface area contributed by atoms with Crippen molar-refractivity contribution in [3.05, 3.63) is 54.0 Å². The number of para-hydroxylation sites is 2. The van der Waals surface area contributed by atoms with Crippen molar-refractivity contribution in [1.29, 1.82) is 5.26 Å². The first kappa shape index (κ1) is 12.2. The van der Waals surface area contributed by atoms with Crippen LogP contribution in [0.2, 0.25) is 0 Å². The largest absolute Gasteiger partial charge is 0.370 e. The van der Waals surface area contributed by atoms with Crippen molar-refractivity contribution < 1.29 is 0 Å². The molecule has 5 nitrogen and oxygen atoms in total. The molecule has 0 aliphatic carbocycles. The van der Waals surface area contributed by atoms with E-state index in [1.165, 1.54) is 0 Å². The van der Waals surface area contributed by atoms with E-state index in [0.717, 1.165) is 23.3 Å². The monoisotopic (exact) mass is 263 g/mol. The molecule has 2 heterocycles. The molecule has 0 aliphatic heterocycles. The van der Waals surface area contributed by atoms with Crippen molar-refractivity contribution in [2.75, 3.05) is 11.9 Å². The third kappa shape index (κ3) is 2.59. The van der Waals surface area contributed by atoms with Gasteiger partial charge in [0.15, 0.2) is 0 Å². The van der Waals surface area contributed by atoms with Gasteiger partial charge in [0.25, 0.3) is 0 Å². The minimum absolute atomic E-state index is 0.415. The van der Waals surface area contributed by atoms with Crippen LogP contribution < -0.4 is 5.32 Å². The number of benzene rings is 1. The average Bonchev–Trinajstić information content (AvgIpc) is 2.90. The van der Waals surface area contributed by atoms with Gasteiger partial charge in [-0.05, 0) is 24.3 Å². The summed E-state index contributed by atoms with van der Waals surface area (Å²) in [6, 6.07) is 15.3. The van der Waals surface area contributed by atoms with Gasteiger partial charge in [-0.25, -0.2) is 9.97 Å². The van der Waals surface area contributed by atoms with Gasteiger partial charge in [-0.3, -0.25) is 0 Å². The Bertz CT molecular complexity index is 736. The summed E-state index contributed by atoms with van der Waals surface area (Å²) in [5.74, 6) is 1.65. The average molecular weight is 263 g/mol. The highest BCUT2D eigenvalue weighted by Gasteiger charge is 2.02. The van der Waals surface area contributed by atoms with Gasteiger partial charge < -0.3 is 10.3 Å². The van der Waals surface area contributed by atoms with Crippen LogP contribution in [-0.4, -0.2) is 21.5 Å². The number of H-pyrrole nitrogens is 1. The molecule has 1 aromatic carbocycles. The molecule has 0 saturated heterocycles. The summed E-state index contributed by atoms with van der Waals surface area (Å²) in [5.41, 5.74) is 2.44. The summed E-state index contributed by atoms with van der Waals surface area (Å²) < 4.78 is 0. The lowest BCUT2D eigenvalue weighted by molar-refractivity contribution is 0.928. The van der Waals surface area contributed by atoms with Crippen molar-refractivity contribution in [3.8, 4) is 6.07 Å². The molecule has 0 unspecified atom stereocenters. The number of hydrogen-bond donors (Lipinski definition) is 2. The predicted molar refractivity (Wildman–Crippen MR) is 77.2 cm³/mol. The Kier molecular flexibility index (Phi) is 3.29. The molecule has 3 rings (SSSR count). The second kappa shape index (κ2) is 5.41. The van der Waals surface area contributed by atoms with Crippen molar-refractivity contribution >= 4 is 16.9 Å². The highest BCUT2D eigenvalue weighted by atomic mass is 15.0. The van der Waals surface area contributed by atoms with E-state index < -0.39 is 0 Å². The summed E-state index contributed by atoms with van der Waals surface area (Å²) >= 11 is 0. The summed E-state index contributed by atoms with van der Waals surface area (Å²) in [7, 11) is 0. The molecule has 20 heavy (non-hydrogen) atoms. The summed E-state index contributed by atoms with van der Waals surface area (Å²) in [5, 5.41) is 12.0. The number of pyridine rings is 1. The van der Waals surface area contributed by atoms with Gasteiger partial charge in [-0.2, -0.15) is 5.26 Å². The van der Waals surface area contributed by atoms with Crippen LogP contribution in [0.4, 0.5) is 5.82 Å². The van der Waals surface area contributed by atoms with E-state index in [1.807, 2.05) is 42.5 Å². The number of anilines is 1. The zero-order chi connectivity index (χ0) is 13.8. The fraction of sp³-hybridized carbons (Fsp3) is 0.133. The minimum atomic E-state index is 0.415. The topological polar surface area (TPSA) is 77.4 Å². The molecule has 5 heteroatoms. The fourth-order valence-electron chi connectivity index (χ4n) is 2.03. The minimum Gasteiger partial charge on any atom is -0.370 e. The standard InChI is InChI=1S/C15H13N5/c16-10-11-4-3-7-14(18-11)17-9-8-15-19-12-5-1-2-6-13(12)20-15/h1-7H,8-9H2,(H,17,18)(H,19,20). The summed E-state index contributed by atoms with van der Waals surface area (Å²) in [6.45, 7) is 0.710. The number of nitriles is 1. The first-order valence-electron chi connectivity index (χ1n) is 6.40. The molecule has 0 spiro atoms. The zero-order valence-electron chi connectivity index (χ0n) is 10.8. The normalized spacial score (nSPS) is 10.3. The van der Waals surface area contributed by atoms with Gasteiger partial charge in [0.1, 0.15) is 23.4 Å². The zero-order valence-corrected chi connectivity index (χ0v) is 10.8. The summed E-state index contributed by atoms with van der Waals surface area (Å²) in [6.07, 6.45) is 0.771. The van der Waals surface area contributed by atoms with Crippen LogP contribution in [-0.2, 0) is 6.42 Å². The fourth-order valence-corrected chi connectivity index (χ4v) is 2.03. The van der Waals surface area contributed by atoms with Gasteiger partial charge in [-0.1, -0.05) is 18.2 Å². The number of aromatic amines is 1. The van der Waals surface area contributed by atoms with Crippen LogP contribution in [0.1, 0.15) is 11.5 Å². The Hall–Kier alpha value is -2.87. The molecular formula is C15H13N5. The Morgan fingerprint density at radius 1 is 1.10 bits per heavy atom. The number of hydrogen-bond acceptors (Lipinski definition) is 4. The predicted octanol–water partition coefficient (Wildman–Crippen LogP) is 2.48. The Morgan fingerprint density at radius 2 is 2.00 bits per heavy atom. The van der Waals surface area contributed by atoms with Crippen LogP contribution in [0.25, 0.3) is 11.0 Å². The van der Waals surface area contributed by atoms with Crippen LogP contribution in [0.5, 0.6) is 0 Å². The van der Waals surface area contributed by atoms with Gasteiger partial charge >= 0.3 is 0 Å². The van der Waals surface area contributed by atoms with E-state index in [4.69, 9.17) is 5.26 Å². The first-order chi connectivity index (χ1) is 9.85. The second-order valence-electron chi connectivity index (χ2n) is 4.40. The first-order valence-corrected chi connectivity index (χ1v) is 6.40. The van der Waals surface area contributed by atoms with Crippen LogP contribution in [0.3, 0.4) is 0 Å². The number of nitrogens with zero attached hydrogens (tertiary/aromatic N) is 3. The molecule has 0 bridgehead atoms. The second-order valence-corrected chi connectivity index (χ2v) is 4.40. The van der Waals surface area contributed by atoms with Crippen molar-refractivity contribution in [2.24, 2.45) is 0 Å². The lowest BCUT2D eigenvalue weighted by Crippen LogP contribution is -2.07. The Morgan fingerprint density at radius 3 is 2.85 bits per heavy atom. The van der Waals surface area contributed by atoms with Gasteiger partial charge in [0, 0.05) is 13.0 Å². The van der Waals surface area contributed by atoms with Crippen molar-refractivity contribution in [3.63, 3.8) is 0 Å². The van der Waals surface area contributed by atoms with Crippen LogP contribution in [0, 0.1) is 11.3 Å². The maximum Gasteiger partial charge on any atom is 0.142 e. The lowest BCUT2D eigenvalue weighted by Gasteiger charge is -2.03. The van der Waals surface area contributed by atoms with Gasteiger partial charge in [0.05, 0.1) is 11.0 Å². The molecule has 2 aromatic heterocycles. The molecule has 0 amide bonds. The maximum absolute atomic E-state index is 8.79. The van der Waals surface area contributed by atoms with E-state index >= 15 is 0 Å². The van der Waals surface area contributed by atoms with E-state index in [-0.39, 0.29) is 0 Å². The van der Waals surface area contributed by atoms with Gasteiger partial charge in [-0.15, -0.1) is 0 Å². The van der Waals surface area contributed by atoms with Crippen molar-refractivity contribution in [1.82, 2.24) is 15.0 Å². The molecule has 0 fully saturated rings. The molecular weight excluding hydrogens is 250 g/mol. The van der Waals surface area contributed by atoms with E-state index in [1.54, 1.807) is 6.07 Å². The molecule has 0 radical (unpaired) electrons. The SMILES string of the molecule is N#Cc1cccc(NCCc2nc3ccccc3[nH]2)n1. The lowest BCUT2D eigenvalue weighted by atomic mass is 10.3. The number of imidazole rings is 1. The smallest absolute Gasteiger partial charge is 0.142 e. The van der Waals surface area contributed by atoms with Gasteiger partial charge in [0.2, 0.25) is 0 Å². The highest BCUT2D eigenvalue weighted by molar-refractivity contribution is 5.74. The molecule has 0 aliphatic rings. The Labute approximate surface area is 116 Å². The molecule has 2 N–H and O–H groups in total. The molecule has 0 atom stereocenters. The third-order valence-corrected chi connectivity index (χ3v) is 2.97. The molecule has 3 aromatic rings. The van der Waals surface area contributed by atoms with E-state index in [0.29, 0.717) is 18.1 Å². The Balaban J connectivity index is 1.63. The number of rotatable bonds is 4. The van der Waals surface area contributed by atoms with E-state index in [9.17, 15) is 0 Å². The quantitative estimate of drug-likeness (QED) is 0.758. The third-order valence-electron chi connectivity index (χ3n) is 2.97. The summed E-state index contributed by atoms with van der Waals surface area (Å²) in [4.78, 5) is 12.0. The molecule has 98 valence electrons. The molecule has 0 saturated carbocycles. The van der Waals surface area contributed by atoms with Crippen molar-refractivity contribution in [2.45, 2.75) is 6.42 Å². The number of fused-ring (bicyclic) bond motifs is 1. The highest BCUT2D eigenvalue weighted by Crippen LogP contribution is 2.11.